The van der Waals surface area contributed by atoms with Crippen molar-refractivity contribution in [2.75, 3.05) is 20.7 Å². The fourth-order valence-corrected chi connectivity index (χ4v) is 7.68. The van der Waals surface area contributed by atoms with Gasteiger partial charge in [0, 0.05) is 33.0 Å². The summed E-state index contributed by atoms with van der Waals surface area (Å²) in [5.41, 5.74) is 12.4. The zero-order valence-electron chi connectivity index (χ0n) is 42.9. The third-order valence-corrected chi connectivity index (χ3v) is 12.3. The maximum Gasteiger partial charge on any atom is 0.327 e. The van der Waals surface area contributed by atoms with Gasteiger partial charge in [-0.05, 0) is 56.9 Å². The summed E-state index contributed by atoms with van der Waals surface area (Å²) < 4.78 is 5.82. The van der Waals surface area contributed by atoms with E-state index in [0.29, 0.717) is 12.0 Å². The summed E-state index contributed by atoms with van der Waals surface area (Å²) in [4.78, 5) is 127. The first kappa shape index (κ1) is 61.0. The number of aliphatic imine (C=N–C) groups is 1. The highest BCUT2D eigenvalue weighted by Gasteiger charge is 2.37. The smallest absolute Gasteiger partial charge is 0.327 e. The number of nitrogens with one attached hydrogen (secondary N) is 6. The van der Waals surface area contributed by atoms with Crippen LogP contribution in [0.1, 0.15) is 92.6 Å². The number of carbonyl (C=O) groups is 9. The number of likely N-dealkylation sites (N-methyl/N-ethyl adjacent to an activating group) is 1. The van der Waals surface area contributed by atoms with Crippen LogP contribution in [0.5, 0.6) is 0 Å². The Balaban J connectivity index is 2.75. The molecule has 72 heavy (non-hydrogen) atoms. The number of aliphatic carboxylic acids is 2. The van der Waals surface area contributed by atoms with Gasteiger partial charge in [0.1, 0.15) is 35.9 Å². The fraction of sp³-hybridized carbons (Fsp3) is 0.560. The molecule has 1 saturated heterocycles. The van der Waals surface area contributed by atoms with Crippen molar-refractivity contribution < 1.29 is 58.1 Å². The summed E-state index contributed by atoms with van der Waals surface area (Å²) in [5, 5.41) is 35.7. The SMILES string of the molecule is C=C1C(=O)N[C@H](CC)C(=O)N[C@@H](CC(C)C)C(=O)N[C@@H](C(=O)O)[C@H](C)C(=O)N[C@@H](CCCN=C(N)N)C(=O)N[C@@H](/C=C/C(C)=C/[C@H](C)[C@H](Cc2ccccc2)OC)[C@H](C)C(=O)N[C@@H](C(=O)O)CCC(=O)N1C. The number of amides is 7. The number of benzene rings is 1. The van der Waals surface area contributed by atoms with Gasteiger partial charge in [0.15, 0.2) is 5.96 Å². The average Bonchev–Trinajstić information content (AvgIpc) is 3.32. The molecule has 1 fully saturated rings. The van der Waals surface area contributed by atoms with Gasteiger partial charge in [-0.15, -0.1) is 0 Å². The number of guanidine groups is 1. The molecule has 0 aliphatic carbocycles. The van der Waals surface area contributed by atoms with Gasteiger partial charge in [0.25, 0.3) is 5.91 Å². The molecule has 1 aromatic carbocycles. The van der Waals surface area contributed by atoms with E-state index >= 15 is 0 Å². The minimum Gasteiger partial charge on any atom is -0.480 e. The predicted octanol–water partition coefficient (Wildman–Crippen LogP) is 1.01. The van der Waals surface area contributed by atoms with Gasteiger partial charge in [-0.2, -0.15) is 0 Å². The second-order valence-corrected chi connectivity index (χ2v) is 18.5. The topological polar surface area (TPSA) is 343 Å². The highest BCUT2D eigenvalue weighted by molar-refractivity contribution is 6.00. The average molecular weight is 1010 g/mol. The molecular weight excluding hydrogens is 933 g/mol. The minimum atomic E-state index is -1.88. The Morgan fingerprint density at radius 1 is 0.847 bits per heavy atom. The molecule has 1 aliphatic heterocycles. The molecule has 10 atom stereocenters. The quantitative estimate of drug-likeness (QED) is 0.0364. The Morgan fingerprint density at radius 3 is 2.01 bits per heavy atom. The largest absolute Gasteiger partial charge is 0.480 e. The lowest BCUT2D eigenvalue weighted by molar-refractivity contribution is -0.146. The standard InChI is InChI=1S/C50H76N10O12/c1-11-34-45(65)58-38(24-27(2)3)47(67)59-41(49(70)71)31(7)43(63)56-36(18-15-23-53-50(51)52)46(66)55-35(20-19-28(4)25-29(5)39(72-10)26-33-16-13-12-14-17-33)30(6)42(62)57-37(48(68)69)21-22-40(61)60(9)32(8)44(64)54-34/h12-14,16-17,19-20,25,27,29-31,34-39,41H,8,11,15,18,21-24,26H2,1-7,9-10H3,(H,54,64)(H,55,66)(H,56,63)(H,57,62)(H,58,65)(H,59,67)(H,68,69)(H,70,71)(H4,51,52,53)/b20-19+,28-25+/t29-,30-,31-,34+,35-,36-,37+,38-,39-,41+/m0/s1. The number of hydrogen-bond donors (Lipinski definition) is 10. The minimum absolute atomic E-state index is 0.00274. The van der Waals surface area contributed by atoms with Crippen molar-refractivity contribution in [2.45, 2.75) is 136 Å². The number of hydrogen-bond acceptors (Lipinski definition) is 11. The van der Waals surface area contributed by atoms with Gasteiger partial charge in [0.2, 0.25) is 35.4 Å². The summed E-state index contributed by atoms with van der Waals surface area (Å²) >= 11 is 0. The number of rotatable bonds is 16. The number of methoxy groups -OCH3 is 1. The van der Waals surface area contributed by atoms with Crippen molar-refractivity contribution >= 4 is 59.2 Å². The second kappa shape index (κ2) is 29.9. The molecule has 0 bridgehead atoms. The van der Waals surface area contributed by atoms with E-state index in [9.17, 15) is 53.4 Å². The lowest BCUT2D eigenvalue weighted by atomic mass is 9.94. The number of nitrogens with zero attached hydrogens (tertiary/aromatic N) is 2. The Kier molecular flexibility index (Phi) is 25.4. The molecular formula is C50H76N10O12. The van der Waals surface area contributed by atoms with Gasteiger partial charge in [-0.25, -0.2) is 9.59 Å². The van der Waals surface area contributed by atoms with Crippen molar-refractivity contribution in [3.63, 3.8) is 0 Å². The number of carboxylic acid groups (broad SMARTS) is 2. The Labute approximate surface area is 421 Å². The lowest BCUT2D eigenvalue weighted by Gasteiger charge is -2.29. The number of allylic oxidation sites excluding steroid dienone is 2. The summed E-state index contributed by atoms with van der Waals surface area (Å²) in [6.07, 6.45) is 4.66. The normalized spacial score (nSPS) is 25.1. The zero-order valence-corrected chi connectivity index (χ0v) is 42.9. The first-order valence-corrected chi connectivity index (χ1v) is 24.0. The van der Waals surface area contributed by atoms with E-state index in [1.54, 1.807) is 40.9 Å². The van der Waals surface area contributed by atoms with Crippen molar-refractivity contribution in [1.29, 1.82) is 0 Å². The molecule has 1 aromatic rings. The van der Waals surface area contributed by atoms with Crippen molar-refractivity contribution in [1.82, 2.24) is 36.8 Å². The number of ether oxygens (including phenoxy) is 1. The third-order valence-electron chi connectivity index (χ3n) is 12.3. The summed E-state index contributed by atoms with van der Waals surface area (Å²) in [7, 11) is 2.83. The van der Waals surface area contributed by atoms with Crippen LogP contribution in [0.4, 0.5) is 0 Å². The molecule has 0 aromatic heterocycles. The molecule has 2 rings (SSSR count). The van der Waals surface area contributed by atoms with Crippen LogP contribution in [-0.2, 0) is 54.3 Å². The highest BCUT2D eigenvalue weighted by Crippen LogP contribution is 2.19. The van der Waals surface area contributed by atoms with Crippen LogP contribution in [-0.4, -0.2) is 137 Å². The predicted molar refractivity (Wildman–Crippen MR) is 269 cm³/mol. The number of carbonyl (C=O) groups excluding carboxylic acids is 7. The second-order valence-electron chi connectivity index (χ2n) is 18.5. The maximum atomic E-state index is 14.4. The van der Waals surface area contributed by atoms with Crippen molar-refractivity contribution in [2.24, 2.45) is 40.1 Å². The van der Waals surface area contributed by atoms with E-state index in [2.05, 4.69) is 43.5 Å². The van der Waals surface area contributed by atoms with E-state index in [1.165, 1.54) is 27.0 Å². The van der Waals surface area contributed by atoms with Crippen LogP contribution >= 0.6 is 0 Å². The molecule has 0 spiro atoms. The van der Waals surface area contributed by atoms with Crippen LogP contribution in [0, 0.1) is 23.7 Å². The van der Waals surface area contributed by atoms with Crippen LogP contribution in [0.15, 0.2) is 71.4 Å². The van der Waals surface area contributed by atoms with Gasteiger partial charge >= 0.3 is 11.9 Å². The zero-order chi connectivity index (χ0) is 54.4. The van der Waals surface area contributed by atoms with Gasteiger partial charge < -0.3 is 63.2 Å². The van der Waals surface area contributed by atoms with Crippen molar-refractivity contribution in [3.05, 3.63) is 72.0 Å². The van der Waals surface area contributed by atoms with E-state index in [0.717, 1.165) is 10.5 Å². The first-order chi connectivity index (χ1) is 33.8. The molecule has 1 aliphatic rings. The van der Waals surface area contributed by atoms with Crippen LogP contribution in [0.3, 0.4) is 0 Å². The van der Waals surface area contributed by atoms with E-state index in [1.807, 2.05) is 43.3 Å². The fourth-order valence-electron chi connectivity index (χ4n) is 7.68. The van der Waals surface area contributed by atoms with Gasteiger partial charge in [0.05, 0.1) is 24.0 Å². The summed E-state index contributed by atoms with van der Waals surface area (Å²) in [6.45, 7) is 15.2. The van der Waals surface area contributed by atoms with Crippen LogP contribution in [0.2, 0.25) is 0 Å². The summed E-state index contributed by atoms with van der Waals surface area (Å²) in [6, 6.07) is 1.05. The maximum absolute atomic E-state index is 14.4. The van der Waals surface area contributed by atoms with E-state index in [4.69, 9.17) is 16.2 Å². The Morgan fingerprint density at radius 2 is 1.44 bits per heavy atom. The molecule has 22 heteroatoms. The molecule has 0 radical (unpaired) electrons. The van der Waals surface area contributed by atoms with Crippen LogP contribution < -0.4 is 43.4 Å². The summed E-state index contributed by atoms with van der Waals surface area (Å²) in [5.74, 6) is -12.5. The van der Waals surface area contributed by atoms with E-state index in [-0.39, 0.29) is 56.1 Å². The van der Waals surface area contributed by atoms with Gasteiger partial charge in [-0.1, -0.05) is 102 Å². The Bertz CT molecular complexity index is 2180. The molecule has 0 unspecified atom stereocenters. The van der Waals surface area contributed by atoms with Crippen molar-refractivity contribution in [3.8, 4) is 0 Å². The molecule has 0 saturated carbocycles. The molecule has 7 amide bonds. The van der Waals surface area contributed by atoms with Crippen LogP contribution in [0.25, 0.3) is 0 Å². The van der Waals surface area contributed by atoms with E-state index < -0.39 is 120 Å². The first-order valence-electron chi connectivity index (χ1n) is 24.0. The number of carboxylic acids is 2. The molecule has 22 nitrogen and oxygen atoms in total. The van der Waals surface area contributed by atoms with Gasteiger partial charge in [-0.3, -0.25) is 38.6 Å². The lowest BCUT2D eigenvalue weighted by Crippen LogP contribution is -2.59. The molecule has 12 N–H and O–H groups in total. The molecule has 398 valence electrons. The Hall–Kier alpha value is -7.10. The number of nitrogens with two attached hydrogens (primary N) is 2. The monoisotopic (exact) mass is 1010 g/mol. The highest BCUT2D eigenvalue weighted by atomic mass is 16.5. The third kappa shape index (κ3) is 20.0. The molecule has 1 heterocycles.